The van der Waals surface area contributed by atoms with E-state index in [0.717, 1.165) is 44.6 Å². The maximum absolute atomic E-state index is 10.2. The van der Waals surface area contributed by atoms with Crippen molar-refractivity contribution in [1.29, 1.82) is 0 Å². The zero-order valence-corrected chi connectivity index (χ0v) is 9.80. The van der Waals surface area contributed by atoms with E-state index in [0.29, 0.717) is 5.92 Å². The molecule has 1 aliphatic rings. The van der Waals surface area contributed by atoms with Crippen molar-refractivity contribution in [3.8, 4) is 0 Å². The van der Waals surface area contributed by atoms with Crippen LogP contribution in [0.1, 0.15) is 37.9 Å². The van der Waals surface area contributed by atoms with Gasteiger partial charge in [0.05, 0.1) is 12.3 Å². The molecule has 0 saturated carbocycles. The lowest BCUT2D eigenvalue weighted by atomic mass is 9.91. The summed E-state index contributed by atoms with van der Waals surface area (Å²) in [5.74, 6) is 0.327. The summed E-state index contributed by atoms with van der Waals surface area (Å²) in [5.41, 5.74) is 0.945. The molecule has 2 heterocycles. The molecule has 0 radical (unpaired) electrons. The van der Waals surface area contributed by atoms with Gasteiger partial charge >= 0.3 is 0 Å². The molecule has 2 rings (SSSR count). The van der Waals surface area contributed by atoms with Crippen LogP contribution in [0, 0.1) is 5.92 Å². The molecule has 16 heavy (non-hydrogen) atoms. The lowest BCUT2D eigenvalue weighted by molar-refractivity contribution is 0.00715. The number of aromatic nitrogens is 2. The Hall–Kier alpha value is -0.870. The zero-order chi connectivity index (χ0) is 11.4. The lowest BCUT2D eigenvalue weighted by Gasteiger charge is -2.25. The third-order valence-corrected chi connectivity index (χ3v) is 3.16. The van der Waals surface area contributed by atoms with E-state index < -0.39 is 0 Å². The number of nitrogens with zero attached hydrogens (tertiary/aromatic N) is 2. The van der Waals surface area contributed by atoms with Crippen molar-refractivity contribution in [1.82, 2.24) is 9.78 Å². The SMILES string of the molecule is CCCn1cc(C(O)C2CCOCC2)cn1. The van der Waals surface area contributed by atoms with Gasteiger partial charge in [0.2, 0.25) is 0 Å². The Bertz CT molecular complexity index is 319. The maximum Gasteiger partial charge on any atom is 0.0850 e. The summed E-state index contributed by atoms with van der Waals surface area (Å²) in [6.45, 7) is 4.58. The first kappa shape index (κ1) is 11.6. The quantitative estimate of drug-likeness (QED) is 0.847. The van der Waals surface area contributed by atoms with Gasteiger partial charge in [-0.15, -0.1) is 0 Å². The molecule has 4 heteroatoms. The highest BCUT2D eigenvalue weighted by molar-refractivity contribution is 5.09. The molecule has 0 spiro atoms. The molecule has 1 unspecified atom stereocenters. The summed E-state index contributed by atoms with van der Waals surface area (Å²) in [5, 5.41) is 14.5. The standard InChI is InChI=1S/C12H20N2O2/c1-2-5-14-9-11(8-13-14)12(15)10-3-6-16-7-4-10/h8-10,12,15H,2-7H2,1H3. The van der Waals surface area contributed by atoms with Crippen LogP contribution in [-0.2, 0) is 11.3 Å². The average molecular weight is 224 g/mol. The van der Waals surface area contributed by atoms with Crippen molar-refractivity contribution in [2.45, 2.75) is 38.8 Å². The van der Waals surface area contributed by atoms with Gasteiger partial charge in [-0.05, 0) is 25.2 Å². The molecule has 0 bridgehead atoms. The second-order valence-corrected chi connectivity index (χ2v) is 4.43. The molecule has 0 aliphatic carbocycles. The van der Waals surface area contributed by atoms with Crippen LogP contribution in [0.5, 0.6) is 0 Å². The van der Waals surface area contributed by atoms with Crippen LogP contribution in [-0.4, -0.2) is 28.1 Å². The number of hydrogen-bond donors (Lipinski definition) is 1. The van der Waals surface area contributed by atoms with E-state index in [-0.39, 0.29) is 6.10 Å². The van der Waals surface area contributed by atoms with Gasteiger partial charge in [0.25, 0.3) is 0 Å². The number of rotatable bonds is 4. The molecule has 1 aliphatic heterocycles. The third kappa shape index (κ3) is 2.62. The summed E-state index contributed by atoms with van der Waals surface area (Å²) in [4.78, 5) is 0. The number of aliphatic hydroxyl groups is 1. The van der Waals surface area contributed by atoms with Gasteiger partial charge in [0, 0.05) is 31.5 Å². The molecular weight excluding hydrogens is 204 g/mol. The van der Waals surface area contributed by atoms with Gasteiger partial charge in [-0.2, -0.15) is 5.10 Å². The largest absolute Gasteiger partial charge is 0.388 e. The van der Waals surface area contributed by atoms with Crippen molar-refractivity contribution in [2.75, 3.05) is 13.2 Å². The van der Waals surface area contributed by atoms with E-state index in [1.807, 2.05) is 10.9 Å². The van der Waals surface area contributed by atoms with E-state index in [4.69, 9.17) is 4.74 Å². The minimum Gasteiger partial charge on any atom is -0.388 e. The summed E-state index contributed by atoms with van der Waals surface area (Å²) < 4.78 is 7.20. The molecule has 0 amide bonds. The fraction of sp³-hybridized carbons (Fsp3) is 0.750. The van der Waals surface area contributed by atoms with Gasteiger partial charge in [-0.25, -0.2) is 0 Å². The predicted molar refractivity (Wildman–Crippen MR) is 61.0 cm³/mol. The summed E-state index contributed by atoms with van der Waals surface area (Å²) in [6.07, 6.45) is 6.32. The van der Waals surface area contributed by atoms with Gasteiger partial charge in [-0.1, -0.05) is 6.92 Å². The van der Waals surface area contributed by atoms with Crippen LogP contribution in [0.4, 0.5) is 0 Å². The van der Waals surface area contributed by atoms with Crippen LogP contribution < -0.4 is 0 Å². The van der Waals surface area contributed by atoms with Crippen molar-refractivity contribution >= 4 is 0 Å². The molecule has 0 aromatic carbocycles. The van der Waals surface area contributed by atoms with E-state index in [2.05, 4.69) is 12.0 Å². The van der Waals surface area contributed by atoms with Crippen molar-refractivity contribution in [2.24, 2.45) is 5.92 Å². The molecule has 90 valence electrons. The Kier molecular flexibility index (Phi) is 3.96. The number of ether oxygens (including phenoxy) is 1. The van der Waals surface area contributed by atoms with Crippen LogP contribution in [0.25, 0.3) is 0 Å². The summed E-state index contributed by atoms with van der Waals surface area (Å²) >= 11 is 0. The molecule has 4 nitrogen and oxygen atoms in total. The van der Waals surface area contributed by atoms with Crippen LogP contribution in [0.2, 0.25) is 0 Å². The topological polar surface area (TPSA) is 47.3 Å². The predicted octanol–water partition coefficient (Wildman–Crippen LogP) is 1.75. The highest BCUT2D eigenvalue weighted by atomic mass is 16.5. The molecule has 1 fully saturated rings. The van der Waals surface area contributed by atoms with E-state index >= 15 is 0 Å². The Morgan fingerprint density at radius 2 is 2.31 bits per heavy atom. The Morgan fingerprint density at radius 1 is 1.56 bits per heavy atom. The normalized spacial score (nSPS) is 19.9. The van der Waals surface area contributed by atoms with Gasteiger partial charge < -0.3 is 9.84 Å². The molecular formula is C12H20N2O2. The fourth-order valence-electron chi connectivity index (χ4n) is 2.19. The number of hydrogen-bond acceptors (Lipinski definition) is 3. The maximum atomic E-state index is 10.2. The van der Waals surface area contributed by atoms with E-state index in [1.54, 1.807) is 6.20 Å². The lowest BCUT2D eigenvalue weighted by Crippen LogP contribution is -2.21. The monoisotopic (exact) mass is 224 g/mol. The molecule has 1 saturated heterocycles. The van der Waals surface area contributed by atoms with Crippen molar-refractivity contribution in [3.63, 3.8) is 0 Å². The van der Waals surface area contributed by atoms with Crippen molar-refractivity contribution in [3.05, 3.63) is 18.0 Å². The first-order valence-corrected chi connectivity index (χ1v) is 6.09. The molecule has 1 aromatic rings. The minimum atomic E-state index is -0.380. The third-order valence-electron chi connectivity index (χ3n) is 3.16. The van der Waals surface area contributed by atoms with Crippen LogP contribution >= 0.6 is 0 Å². The second-order valence-electron chi connectivity index (χ2n) is 4.43. The highest BCUT2D eigenvalue weighted by Gasteiger charge is 2.24. The first-order chi connectivity index (χ1) is 7.81. The van der Waals surface area contributed by atoms with Crippen molar-refractivity contribution < 1.29 is 9.84 Å². The van der Waals surface area contributed by atoms with Crippen LogP contribution in [0.15, 0.2) is 12.4 Å². The van der Waals surface area contributed by atoms with Gasteiger partial charge in [-0.3, -0.25) is 4.68 Å². The average Bonchev–Trinajstić information content (AvgIpc) is 2.78. The minimum absolute atomic E-state index is 0.327. The zero-order valence-electron chi connectivity index (χ0n) is 9.80. The highest BCUT2D eigenvalue weighted by Crippen LogP contribution is 2.29. The molecule has 1 aromatic heterocycles. The summed E-state index contributed by atoms with van der Waals surface area (Å²) in [6, 6.07) is 0. The number of aryl methyl sites for hydroxylation is 1. The Balaban J connectivity index is 1.98. The first-order valence-electron chi connectivity index (χ1n) is 6.09. The van der Waals surface area contributed by atoms with Gasteiger partial charge in [0.15, 0.2) is 0 Å². The van der Waals surface area contributed by atoms with Crippen LogP contribution in [0.3, 0.4) is 0 Å². The van der Waals surface area contributed by atoms with E-state index in [9.17, 15) is 5.11 Å². The smallest absolute Gasteiger partial charge is 0.0850 e. The van der Waals surface area contributed by atoms with Gasteiger partial charge in [0.1, 0.15) is 0 Å². The Morgan fingerprint density at radius 3 is 3.00 bits per heavy atom. The number of aliphatic hydroxyl groups excluding tert-OH is 1. The molecule has 1 N–H and O–H groups in total. The Labute approximate surface area is 96.2 Å². The van der Waals surface area contributed by atoms with E-state index in [1.165, 1.54) is 0 Å². The summed E-state index contributed by atoms with van der Waals surface area (Å²) in [7, 11) is 0. The molecule has 1 atom stereocenters. The fourth-order valence-corrected chi connectivity index (χ4v) is 2.19. The second kappa shape index (κ2) is 5.46.